The van der Waals surface area contributed by atoms with Crippen LogP contribution in [0.2, 0.25) is 0 Å². The molecular formula is C24H20N2O3S. The van der Waals surface area contributed by atoms with Gasteiger partial charge in [0.15, 0.2) is 0 Å². The van der Waals surface area contributed by atoms with Crippen molar-refractivity contribution in [1.82, 2.24) is 4.98 Å². The van der Waals surface area contributed by atoms with Crippen LogP contribution in [-0.4, -0.2) is 18.5 Å². The zero-order chi connectivity index (χ0) is 21.0. The fourth-order valence-corrected chi connectivity index (χ4v) is 4.28. The number of pyridine rings is 1. The van der Waals surface area contributed by atoms with Crippen LogP contribution in [0.15, 0.2) is 102 Å². The number of hydrogen-bond acceptors (Lipinski definition) is 4. The van der Waals surface area contributed by atoms with Gasteiger partial charge in [-0.05, 0) is 41.5 Å². The van der Waals surface area contributed by atoms with Crippen molar-refractivity contribution in [1.29, 1.82) is 0 Å². The van der Waals surface area contributed by atoms with Crippen LogP contribution in [0, 0.1) is 0 Å². The van der Waals surface area contributed by atoms with Gasteiger partial charge in [-0.25, -0.2) is 8.42 Å². The molecule has 0 aliphatic rings. The monoisotopic (exact) mass is 416 g/mol. The molecule has 3 aromatic carbocycles. The normalized spacial score (nSPS) is 11.2. The highest BCUT2D eigenvalue weighted by molar-refractivity contribution is 7.92. The van der Waals surface area contributed by atoms with Crippen molar-refractivity contribution >= 4 is 15.7 Å². The maximum absolute atomic E-state index is 12.6. The molecule has 150 valence electrons. The molecule has 30 heavy (non-hydrogen) atoms. The number of anilines is 1. The molecule has 2 N–H and O–H groups in total. The lowest BCUT2D eigenvalue weighted by molar-refractivity contribution is 0.467. The fourth-order valence-electron chi connectivity index (χ4n) is 3.21. The van der Waals surface area contributed by atoms with Crippen LogP contribution in [0.5, 0.6) is 5.75 Å². The summed E-state index contributed by atoms with van der Waals surface area (Å²) in [6, 6.07) is 26.6. The summed E-state index contributed by atoms with van der Waals surface area (Å²) >= 11 is 0. The number of nitrogens with one attached hydrogen (secondary N) is 1. The predicted molar refractivity (Wildman–Crippen MR) is 118 cm³/mol. The van der Waals surface area contributed by atoms with Crippen molar-refractivity contribution in [3.05, 3.63) is 108 Å². The van der Waals surface area contributed by atoms with Gasteiger partial charge in [-0.3, -0.25) is 9.71 Å². The van der Waals surface area contributed by atoms with E-state index in [0.29, 0.717) is 28.9 Å². The van der Waals surface area contributed by atoms with Gasteiger partial charge in [0.05, 0.1) is 10.6 Å². The van der Waals surface area contributed by atoms with E-state index >= 15 is 0 Å². The van der Waals surface area contributed by atoms with Crippen LogP contribution >= 0.6 is 0 Å². The minimum atomic E-state index is -3.70. The zero-order valence-electron chi connectivity index (χ0n) is 16.1. The van der Waals surface area contributed by atoms with Gasteiger partial charge in [-0.2, -0.15) is 0 Å². The molecule has 0 amide bonds. The Morgan fingerprint density at radius 1 is 0.833 bits per heavy atom. The van der Waals surface area contributed by atoms with Crippen LogP contribution in [-0.2, 0) is 16.4 Å². The Bertz CT molecular complexity index is 1260. The highest BCUT2D eigenvalue weighted by Crippen LogP contribution is 2.33. The SMILES string of the molecule is O=S(=O)(Nc1cccc(-c2ccnc(Cc3ccccc3)c2O)c1)c1ccccc1. The second-order valence-corrected chi connectivity index (χ2v) is 8.50. The number of benzene rings is 3. The van der Waals surface area contributed by atoms with Crippen molar-refractivity contribution in [2.75, 3.05) is 4.72 Å². The number of nitrogens with zero attached hydrogens (tertiary/aromatic N) is 1. The van der Waals surface area contributed by atoms with Crippen LogP contribution in [0.25, 0.3) is 11.1 Å². The summed E-state index contributed by atoms with van der Waals surface area (Å²) in [5.41, 5.74) is 3.31. The molecule has 1 heterocycles. The molecule has 0 aliphatic carbocycles. The lowest BCUT2D eigenvalue weighted by atomic mass is 10.0. The van der Waals surface area contributed by atoms with Crippen molar-refractivity contribution < 1.29 is 13.5 Å². The van der Waals surface area contributed by atoms with Gasteiger partial charge in [-0.15, -0.1) is 0 Å². The first-order valence-electron chi connectivity index (χ1n) is 9.42. The van der Waals surface area contributed by atoms with E-state index in [1.807, 2.05) is 36.4 Å². The van der Waals surface area contributed by atoms with E-state index < -0.39 is 10.0 Å². The van der Waals surface area contributed by atoms with Gasteiger partial charge in [0, 0.05) is 23.9 Å². The average molecular weight is 417 g/mol. The van der Waals surface area contributed by atoms with Crippen LogP contribution in [0.4, 0.5) is 5.69 Å². The van der Waals surface area contributed by atoms with E-state index in [2.05, 4.69) is 9.71 Å². The number of aromatic hydroxyl groups is 1. The Hall–Kier alpha value is -3.64. The van der Waals surface area contributed by atoms with E-state index in [4.69, 9.17) is 0 Å². The fraction of sp³-hybridized carbons (Fsp3) is 0.0417. The van der Waals surface area contributed by atoms with E-state index in [1.165, 1.54) is 12.1 Å². The summed E-state index contributed by atoms with van der Waals surface area (Å²) < 4.78 is 27.8. The summed E-state index contributed by atoms with van der Waals surface area (Å²) in [4.78, 5) is 4.51. The smallest absolute Gasteiger partial charge is 0.261 e. The molecule has 0 bridgehead atoms. The highest BCUT2D eigenvalue weighted by Gasteiger charge is 2.15. The van der Waals surface area contributed by atoms with Crippen LogP contribution in [0.3, 0.4) is 0 Å². The third-order valence-corrected chi connectivity index (χ3v) is 6.09. The van der Waals surface area contributed by atoms with E-state index in [1.54, 1.807) is 48.7 Å². The molecule has 0 fully saturated rings. The molecular weight excluding hydrogens is 396 g/mol. The maximum Gasteiger partial charge on any atom is 0.261 e. The maximum atomic E-state index is 12.6. The third kappa shape index (κ3) is 4.34. The first-order valence-corrected chi connectivity index (χ1v) is 10.9. The summed E-state index contributed by atoms with van der Waals surface area (Å²) in [7, 11) is -3.70. The minimum Gasteiger partial charge on any atom is -0.505 e. The summed E-state index contributed by atoms with van der Waals surface area (Å²) in [6.07, 6.45) is 2.15. The number of aromatic nitrogens is 1. The molecule has 4 rings (SSSR count). The molecule has 0 saturated carbocycles. The van der Waals surface area contributed by atoms with Gasteiger partial charge in [0.1, 0.15) is 5.75 Å². The van der Waals surface area contributed by atoms with Crippen LogP contribution in [0.1, 0.15) is 11.3 Å². The average Bonchev–Trinajstić information content (AvgIpc) is 2.76. The summed E-state index contributed by atoms with van der Waals surface area (Å²) in [5, 5.41) is 10.8. The van der Waals surface area contributed by atoms with E-state index in [9.17, 15) is 13.5 Å². The zero-order valence-corrected chi connectivity index (χ0v) is 16.9. The van der Waals surface area contributed by atoms with Crippen molar-refractivity contribution in [2.45, 2.75) is 11.3 Å². The second kappa shape index (κ2) is 8.39. The molecule has 0 spiro atoms. The molecule has 0 radical (unpaired) electrons. The van der Waals surface area contributed by atoms with Crippen LogP contribution < -0.4 is 4.72 Å². The summed E-state index contributed by atoms with van der Waals surface area (Å²) in [5.74, 6) is 0.0874. The Labute approximate surface area is 175 Å². The first kappa shape index (κ1) is 19.7. The second-order valence-electron chi connectivity index (χ2n) is 6.82. The van der Waals surface area contributed by atoms with Crippen molar-refractivity contribution in [3.8, 4) is 16.9 Å². The molecule has 0 unspecified atom stereocenters. The Morgan fingerprint density at radius 2 is 1.53 bits per heavy atom. The van der Waals surface area contributed by atoms with Gasteiger partial charge < -0.3 is 5.11 Å². The van der Waals surface area contributed by atoms with Gasteiger partial charge in [0.2, 0.25) is 0 Å². The molecule has 0 atom stereocenters. The van der Waals surface area contributed by atoms with Crippen molar-refractivity contribution in [2.24, 2.45) is 0 Å². The summed E-state index contributed by atoms with van der Waals surface area (Å²) in [6.45, 7) is 0. The quantitative estimate of drug-likeness (QED) is 0.471. The van der Waals surface area contributed by atoms with Gasteiger partial charge in [0.25, 0.3) is 10.0 Å². The lowest BCUT2D eigenvalue weighted by Gasteiger charge is -2.12. The Kier molecular flexibility index (Phi) is 5.50. The number of sulfonamides is 1. The molecule has 0 saturated heterocycles. The lowest BCUT2D eigenvalue weighted by Crippen LogP contribution is -2.12. The minimum absolute atomic E-state index is 0.0874. The van der Waals surface area contributed by atoms with E-state index in [-0.39, 0.29) is 10.6 Å². The third-order valence-electron chi connectivity index (χ3n) is 4.69. The van der Waals surface area contributed by atoms with Gasteiger partial charge in [-0.1, -0.05) is 60.7 Å². The number of rotatable bonds is 6. The molecule has 1 aromatic heterocycles. The molecule has 4 aromatic rings. The molecule has 0 aliphatic heterocycles. The standard InChI is InChI=1S/C24H20N2O3S/c27-24-22(14-15-25-23(24)16-18-8-3-1-4-9-18)19-10-7-11-20(17-19)26-30(28,29)21-12-5-2-6-13-21/h1-15,17,26-27H,16H2. The highest BCUT2D eigenvalue weighted by atomic mass is 32.2. The molecule has 6 heteroatoms. The Balaban J connectivity index is 1.64. The largest absolute Gasteiger partial charge is 0.505 e. The van der Waals surface area contributed by atoms with E-state index in [0.717, 1.165) is 5.56 Å². The first-order chi connectivity index (χ1) is 14.5. The molecule has 5 nitrogen and oxygen atoms in total. The van der Waals surface area contributed by atoms with Crippen molar-refractivity contribution in [3.63, 3.8) is 0 Å². The topological polar surface area (TPSA) is 79.3 Å². The van der Waals surface area contributed by atoms with Gasteiger partial charge >= 0.3 is 0 Å². The Morgan fingerprint density at radius 3 is 2.27 bits per heavy atom. The predicted octanol–water partition coefficient (Wildman–Crippen LogP) is 4.85. The number of hydrogen-bond donors (Lipinski definition) is 2.